The molecule has 1 spiro atoms. The molecule has 2 fully saturated rings. The van der Waals surface area contributed by atoms with Crippen molar-refractivity contribution in [3.63, 3.8) is 0 Å². The molecule has 2 aromatic rings. The molecule has 6 heteroatoms. The van der Waals surface area contributed by atoms with Gasteiger partial charge in [-0.15, -0.1) is 0 Å². The summed E-state index contributed by atoms with van der Waals surface area (Å²) in [6, 6.07) is 13.2. The maximum Gasteiger partial charge on any atom is 0.321 e. The van der Waals surface area contributed by atoms with Crippen LogP contribution in [-0.4, -0.2) is 46.4 Å². The Kier molecular flexibility index (Phi) is 4.32. The molecule has 4 rings (SSSR count). The Balaban J connectivity index is 1.30. The van der Waals surface area contributed by atoms with Gasteiger partial charge < -0.3 is 15.1 Å². The number of hydrogen-bond donors (Lipinski definition) is 1. The Morgan fingerprint density at radius 3 is 2.54 bits per heavy atom. The number of carbonyl (C=O) groups excluding carboxylic acids is 2. The zero-order chi connectivity index (χ0) is 18.0. The molecule has 6 nitrogen and oxygen atoms in total. The maximum atomic E-state index is 12.7. The van der Waals surface area contributed by atoms with Crippen molar-refractivity contribution >= 4 is 17.6 Å². The third-order valence-electron chi connectivity index (χ3n) is 5.36. The van der Waals surface area contributed by atoms with Gasteiger partial charge in [0, 0.05) is 44.3 Å². The predicted octanol–water partition coefficient (Wildman–Crippen LogP) is 2.74. The number of amides is 3. The molecular formula is C20H22N4O2. The van der Waals surface area contributed by atoms with Gasteiger partial charge >= 0.3 is 6.03 Å². The van der Waals surface area contributed by atoms with Crippen LogP contribution in [-0.2, 0) is 11.3 Å². The number of hydrogen-bond acceptors (Lipinski definition) is 3. The van der Waals surface area contributed by atoms with Crippen molar-refractivity contribution in [1.82, 2.24) is 14.8 Å². The highest BCUT2D eigenvalue weighted by molar-refractivity contribution is 5.91. The van der Waals surface area contributed by atoms with Gasteiger partial charge in [-0.25, -0.2) is 4.79 Å². The molecule has 0 atom stereocenters. The fourth-order valence-electron chi connectivity index (χ4n) is 3.82. The van der Waals surface area contributed by atoms with Gasteiger partial charge in [-0.1, -0.05) is 24.3 Å². The van der Waals surface area contributed by atoms with Crippen LogP contribution in [0.1, 0.15) is 18.4 Å². The zero-order valence-corrected chi connectivity index (χ0v) is 14.6. The number of aromatic nitrogens is 1. The standard InChI is InChI=1S/C20H22N4O2/c25-18-20(15-24(18)14-16-5-4-10-21-13-16)8-11-23(12-9-20)19(26)22-17-6-2-1-3-7-17/h1-7,10,13H,8-9,11-12,14-15H2,(H,22,26). The van der Waals surface area contributed by atoms with Crippen LogP contribution in [0.2, 0.25) is 0 Å². The van der Waals surface area contributed by atoms with E-state index in [4.69, 9.17) is 0 Å². The van der Waals surface area contributed by atoms with Gasteiger partial charge in [-0.2, -0.15) is 0 Å². The predicted molar refractivity (Wildman–Crippen MR) is 98.4 cm³/mol. The van der Waals surface area contributed by atoms with E-state index in [2.05, 4.69) is 10.3 Å². The van der Waals surface area contributed by atoms with Crippen LogP contribution in [0.5, 0.6) is 0 Å². The topological polar surface area (TPSA) is 65.5 Å². The minimum Gasteiger partial charge on any atom is -0.337 e. The van der Waals surface area contributed by atoms with Crippen molar-refractivity contribution in [2.45, 2.75) is 19.4 Å². The van der Waals surface area contributed by atoms with E-state index in [0.29, 0.717) is 19.6 Å². The number of urea groups is 1. The van der Waals surface area contributed by atoms with Crippen LogP contribution in [0.4, 0.5) is 10.5 Å². The summed E-state index contributed by atoms with van der Waals surface area (Å²) in [7, 11) is 0. The first kappa shape index (κ1) is 16.6. The van der Waals surface area contributed by atoms with Crippen LogP contribution in [0.25, 0.3) is 0 Å². The van der Waals surface area contributed by atoms with Gasteiger partial charge in [-0.05, 0) is 36.6 Å². The Morgan fingerprint density at radius 1 is 1.12 bits per heavy atom. The summed E-state index contributed by atoms with van der Waals surface area (Å²) in [5, 5.41) is 2.91. The molecule has 134 valence electrons. The normalized spacial score (nSPS) is 18.5. The molecule has 2 aliphatic heterocycles. The Bertz CT molecular complexity index is 786. The third kappa shape index (κ3) is 3.14. The first-order valence-corrected chi connectivity index (χ1v) is 8.96. The quantitative estimate of drug-likeness (QED) is 0.866. The Hall–Kier alpha value is -2.89. The first-order chi connectivity index (χ1) is 12.7. The molecule has 3 amide bonds. The molecular weight excluding hydrogens is 328 g/mol. The largest absolute Gasteiger partial charge is 0.337 e. The number of pyridine rings is 1. The smallest absolute Gasteiger partial charge is 0.321 e. The number of anilines is 1. The fraction of sp³-hybridized carbons (Fsp3) is 0.350. The minimum absolute atomic E-state index is 0.0926. The summed E-state index contributed by atoms with van der Waals surface area (Å²) in [6.45, 7) is 2.62. The molecule has 2 aliphatic rings. The fourth-order valence-corrected chi connectivity index (χ4v) is 3.82. The molecule has 0 aliphatic carbocycles. The number of β-lactam (4-membered cyclic amide) rings is 1. The average molecular weight is 350 g/mol. The lowest BCUT2D eigenvalue weighted by Crippen LogP contribution is -2.64. The monoisotopic (exact) mass is 350 g/mol. The highest BCUT2D eigenvalue weighted by Crippen LogP contribution is 2.42. The molecule has 0 bridgehead atoms. The molecule has 26 heavy (non-hydrogen) atoms. The zero-order valence-electron chi connectivity index (χ0n) is 14.6. The van der Waals surface area contributed by atoms with Gasteiger partial charge in [0.2, 0.25) is 5.91 Å². The van der Waals surface area contributed by atoms with Crippen molar-refractivity contribution in [3.05, 3.63) is 60.4 Å². The van der Waals surface area contributed by atoms with Crippen LogP contribution >= 0.6 is 0 Å². The molecule has 0 radical (unpaired) electrons. The van der Waals surface area contributed by atoms with E-state index in [1.54, 1.807) is 17.3 Å². The number of nitrogens with zero attached hydrogens (tertiary/aromatic N) is 3. The van der Waals surface area contributed by atoms with Gasteiger partial charge in [0.05, 0.1) is 5.41 Å². The van der Waals surface area contributed by atoms with Gasteiger partial charge in [0.1, 0.15) is 0 Å². The van der Waals surface area contributed by atoms with E-state index in [9.17, 15) is 9.59 Å². The number of rotatable bonds is 3. The Morgan fingerprint density at radius 2 is 1.88 bits per heavy atom. The average Bonchev–Trinajstić information content (AvgIpc) is 2.69. The van der Waals surface area contributed by atoms with Crippen LogP contribution in [0.3, 0.4) is 0 Å². The third-order valence-corrected chi connectivity index (χ3v) is 5.36. The lowest BCUT2D eigenvalue weighted by Gasteiger charge is -2.52. The number of para-hydroxylation sites is 1. The lowest BCUT2D eigenvalue weighted by molar-refractivity contribution is -0.165. The molecule has 3 heterocycles. The lowest BCUT2D eigenvalue weighted by atomic mass is 9.71. The number of likely N-dealkylation sites (tertiary alicyclic amines) is 2. The van der Waals surface area contributed by atoms with Crippen molar-refractivity contribution in [3.8, 4) is 0 Å². The van der Waals surface area contributed by atoms with Crippen molar-refractivity contribution in [2.75, 3.05) is 25.0 Å². The highest BCUT2D eigenvalue weighted by Gasteiger charge is 2.53. The summed E-state index contributed by atoms with van der Waals surface area (Å²) in [5.74, 6) is 0.212. The number of nitrogens with one attached hydrogen (secondary N) is 1. The summed E-state index contributed by atoms with van der Waals surface area (Å²) < 4.78 is 0. The summed E-state index contributed by atoms with van der Waals surface area (Å²) in [6.07, 6.45) is 5.00. The van der Waals surface area contributed by atoms with Crippen molar-refractivity contribution < 1.29 is 9.59 Å². The number of benzene rings is 1. The van der Waals surface area contributed by atoms with Crippen LogP contribution in [0.15, 0.2) is 54.9 Å². The second-order valence-corrected chi connectivity index (χ2v) is 7.09. The van der Waals surface area contributed by atoms with Gasteiger partial charge in [-0.3, -0.25) is 9.78 Å². The summed E-state index contributed by atoms with van der Waals surface area (Å²) in [4.78, 5) is 32.9. The summed E-state index contributed by atoms with van der Waals surface area (Å²) in [5.41, 5.74) is 1.57. The SMILES string of the molecule is O=C(Nc1ccccc1)N1CCC2(CC1)CN(Cc1cccnc1)C2=O. The maximum absolute atomic E-state index is 12.7. The second kappa shape index (κ2) is 6.78. The van der Waals surface area contributed by atoms with Crippen LogP contribution in [0, 0.1) is 5.41 Å². The van der Waals surface area contributed by atoms with E-state index in [0.717, 1.165) is 30.6 Å². The molecule has 0 saturated carbocycles. The van der Waals surface area contributed by atoms with Crippen molar-refractivity contribution in [2.24, 2.45) is 5.41 Å². The van der Waals surface area contributed by atoms with E-state index in [1.165, 1.54) is 0 Å². The van der Waals surface area contributed by atoms with Crippen LogP contribution < -0.4 is 5.32 Å². The second-order valence-electron chi connectivity index (χ2n) is 7.09. The van der Waals surface area contributed by atoms with Gasteiger partial charge in [0.15, 0.2) is 0 Å². The van der Waals surface area contributed by atoms with Gasteiger partial charge in [0.25, 0.3) is 0 Å². The number of piperidine rings is 1. The first-order valence-electron chi connectivity index (χ1n) is 8.96. The molecule has 1 aromatic carbocycles. The molecule has 1 N–H and O–H groups in total. The van der Waals surface area contributed by atoms with Crippen molar-refractivity contribution in [1.29, 1.82) is 0 Å². The Labute approximate surface area is 152 Å². The van der Waals surface area contributed by atoms with E-state index in [1.807, 2.05) is 47.4 Å². The van der Waals surface area contributed by atoms with E-state index < -0.39 is 0 Å². The number of carbonyl (C=O) groups is 2. The summed E-state index contributed by atoms with van der Waals surface area (Å²) >= 11 is 0. The molecule has 2 saturated heterocycles. The van der Waals surface area contributed by atoms with E-state index >= 15 is 0 Å². The van der Waals surface area contributed by atoms with E-state index in [-0.39, 0.29) is 17.4 Å². The minimum atomic E-state index is -0.272. The molecule has 1 aromatic heterocycles. The molecule has 0 unspecified atom stereocenters. The highest BCUT2D eigenvalue weighted by atomic mass is 16.2.